The molecule has 16 heavy (non-hydrogen) atoms. The monoisotopic (exact) mass is 286 g/mol. The van der Waals surface area contributed by atoms with Crippen LogP contribution in [0.3, 0.4) is 0 Å². The SMILES string of the molecule is CCCC(CBr)Cn1nc(C)c(CC)c1C. The van der Waals surface area contributed by atoms with Crippen molar-refractivity contribution in [2.45, 2.75) is 53.5 Å². The summed E-state index contributed by atoms with van der Waals surface area (Å²) in [5.74, 6) is 0.702. The molecule has 1 atom stereocenters. The summed E-state index contributed by atoms with van der Waals surface area (Å²) in [7, 11) is 0. The molecule has 1 unspecified atom stereocenters. The molecule has 0 spiro atoms. The van der Waals surface area contributed by atoms with Gasteiger partial charge in [-0.05, 0) is 38.2 Å². The van der Waals surface area contributed by atoms with Gasteiger partial charge in [-0.25, -0.2) is 0 Å². The molecule has 0 radical (unpaired) electrons. The van der Waals surface area contributed by atoms with Gasteiger partial charge >= 0.3 is 0 Å². The zero-order chi connectivity index (χ0) is 12.1. The maximum atomic E-state index is 4.65. The van der Waals surface area contributed by atoms with Crippen LogP contribution in [-0.2, 0) is 13.0 Å². The van der Waals surface area contributed by atoms with Crippen molar-refractivity contribution < 1.29 is 0 Å². The van der Waals surface area contributed by atoms with E-state index in [9.17, 15) is 0 Å². The minimum atomic E-state index is 0.702. The van der Waals surface area contributed by atoms with E-state index in [1.807, 2.05) is 0 Å². The first-order chi connectivity index (χ1) is 7.63. The van der Waals surface area contributed by atoms with Gasteiger partial charge < -0.3 is 0 Å². The molecule has 1 heterocycles. The van der Waals surface area contributed by atoms with Crippen molar-refractivity contribution in [1.29, 1.82) is 0 Å². The van der Waals surface area contributed by atoms with Crippen molar-refractivity contribution in [3.8, 4) is 0 Å². The molecular formula is C13H23BrN2. The van der Waals surface area contributed by atoms with Crippen molar-refractivity contribution in [2.24, 2.45) is 5.92 Å². The van der Waals surface area contributed by atoms with E-state index >= 15 is 0 Å². The first-order valence-electron chi connectivity index (χ1n) is 6.22. The molecule has 0 N–H and O–H groups in total. The number of rotatable bonds is 6. The molecule has 0 aliphatic carbocycles. The minimum Gasteiger partial charge on any atom is -0.269 e. The van der Waals surface area contributed by atoms with Gasteiger partial charge in [-0.15, -0.1) is 0 Å². The Morgan fingerprint density at radius 2 is 2.00 bits per heavy atom. The second-order valence-electron chi connectivity index (χ2n) is 4.49. The van der Waals surface area contributed by atoms with Crippen LogP contribution in [0.4, 0.5) is 0 Å². The number of nitrogens with zero attached hydrogens (tertiary/aromatic N) is 2. The fourth-order valence-corrected chi connectivity index (χ4v) is 2.82. The van der Waals surface area contributed by atoms with E-state index in [2.05, 4.69) is 53.4 Å². The molecule has 92 valence electrons. The van der Waals surface area contributed by atoms with E-state index in [1.54, 1.807) is 0 Å². The third kappa shape index (κ3) is 3.09. The summed E-state index contributed by atoms with van der Waals surface area (Å²) in [5.41, 5.74) is 3.97. The lowest BCUT2D eigenvalue weighted by Gasteiger charge is -2.14. The highest BCUT2D eigenvalue weighted by atomic mass is 79.9. The Hall–Kier alpha value is -0.310. The van der Waals surface area contributed by atoms with Gasteiger partial charge in [0.05, 0.1) is 5.69 Å². The summed E-state index contributed by atoms with van der Waals surface area (Å²) in [4.78, 5) is 0. The fourth-order valence-electron chi connectivity index (χ4n) is 2.29. The van der Waals surface area contributed by atoms with Crippen LogP contribution in [0.15, 0.2) is 0 Å². The summed E-state index contributed by atoms with van der Waals surface area (Å²) in [6, 6.07) is 0. The van der Waals surface area contributed by atoms with E-state index in [4.69, 9.17) is 0 Å². The van der Waals surface area contributed by atoms with Crippen molar-refractivity contribution in [2.75, 3.05) is 5.33 Å². The zero-order valence-electron chi connectivity index (χ0n) is 10.9. The highest BCUT2D eigenvalue weighted by Crippen LogP contribution is 2.18. The molecule has 1 rings (SSSR count). The number of hydrogen-bond acceptors (Lipinski definition) is 1. The van der Waals surface area contributed by atoms with Crippen molar-refractivity contribution in [3.63, 3.8) is 0 Å². The van der Waals surface area contributed by atoms with E-state index in [-0.39, 0.29) is 0 Å². The van der Waals surface area contributed by atoms with Gasteiger partial charge in [0.1, 0.15) is 0 Å². The Bertz CT molecular complexity index is 331. The Kier molecular flexibility index (Phi) is 5.53. The highest BCUT2D eigenvalue weighted by Gasteiger charge is 2.13. The van der Waals surface area contributed by atoms with Gasteiger partial charge in [0.2, 0.25) is 0 Å². The first kappa shape index (κ1) is 13.8. The molecule has 0 aromatic carbocycles. The Balaban J connectivity index is 2.80. The molecule has 1 aromatic rings. The van der Waals surface area contributed by atoms with E-state index in [0.717, 1.165) is 18.3 Å². The molecule has 0 saturated heterocycles. The second-order valence-corrected chi connectivity index (χ2v) is 5.14. The summed E-state index contributed by atoms with van der Waals surface area (Å²) in [6.45, 7) is 9.80. The lowest BCUT2D eigenvalue weighted by Crippen LogP contribution is -2.14. The molecule has 0 saturated carbocycles. The minimum absolute atomic E-state index is 0.702. The van der Waals surface area contributed by atoms with Crippen LogP contribution in [0.5, 0.6) is 0 Å². The van der Waals surface area contributed by atoms with Crippen LogP contribution in [0.25, 0.3) is 0 Å². The number of hydrogen-bond donors (Lipinski definition) is 0. The molecule has 0 aliphatic rings. The zero-order valence-corrected chi connectivity index (χ0v) is 12.5. The summed E-state index contributed by atoms with van der Waals surface area (Å²) >= 11 is 3.60. The fraction of sp³-hybridized carbons (Fsp3) is 0.769. The standard InChI is InChI=1S/C13H23BrN2/c1-5-7-12(8-14)9-16-11(4)13(6-2)10(3)15-16/h12H,5-9H2,1-4H3. The molecule has 0 bridgehead atoms. The second kappa shape index (κ2) is 6.43. The van der Waals surface area contributed by atoms with Gasteiger partial charge in [0.15, 0.2) is 0 Å². The summed E-state index contributed by atoms with van der Waals surface area (Å²) in [5, 5.41) is 5.72. The smallest absolute Gasteiger partial charge is 0.0628 e. The van der Waals surface area contributed by atoms with Gasteiger partial charge in [-0.1, -0.05) is 36.2 Å². The highest BCUT2D eigenvalue weighted by molar-refractivity contribution is 9.09. The Morgan fingerprint density at radius 3 is 2.44 bits per heavy atom. The molecular weight excluding hydrogens is 264 g/mol. The Morgan fingerprint density at radius 1 is 1.31 bits per heavy atom. The number of aromatic nitrogens is 2. The largest absolute Gasteiger partial charge is 0.269 e. The molecule has 0 fully saturated rings. The summed E-state index contributed by atoms with van der Waals surface area (Å²) < 4.78 is 2.19. The van der Waals surface area contributed by atoms with Crippen LogP contribution >= 0.6 is 15.9 Å². The Labute approximate surface area is 108 Å². The molecule has 3 heteroatoms. The van der Waals surface area contributed by atoms with Crippen LogP contribution in [0.1, 0.15) is 43.6 Å². The van der Waals surface area contributed by atoms with E-state index in [1.165, 1.54) is 29.8 Å². The maximum Gasteiger partial charge on any atom is 0.0628 e. The van der Waals surface area contributed by atoms with Crippen molar-refractivity contribution in [3.05, 3.63) is 17.0 Å². The maximum absolute atomic E-state index is 4.65. The quantitative estimate of drug-likeness (QED) is 0.726. The van der Waals surface area contributed by atoms with Gasteiger partial charge in [0, 0.05) is 17.6 Å². The van der Waals surface area contributed by atoms with Crippen LogP contribution in [0, 0.1) is 19.8 Å². The summed E-state index contributed by atoms with van der Waals surface area (Å²) in [6.07, 6.45) is 3.60. The molecule has 0 aliphatic heterocycles. The predicted octanol–water partition coefficient (Wildman–Crippen LogP) is 3.87. The molecule has 2 nitrogen and oxygen atoms in total. The molecule has 0 amide bonds. The van der Waals surface area contributed by atoms with E-state index in [0.29, 0.717) is 5.92 Å². The topological polar surface area (TPSA) is 17.8 Å². The van der Waals surface area contributed by atoms with Gasteiger partial charge in [0.25, 0.3) is 0 Å². The third-order valence-corrected chi connectivity index (χ3v) is 4.15. The lowest BCUT2D eigenvalue weighted by molar-refractivity contribution is 0.422. The van der Waals surface area contributed by atoms with Crippen LogP contribution in [0.2, 0.25) is 0 Å². The number of alkyl halides is 1. The van der Waals surface area contributed by atoms with Crippen LogP contribution in [-0.4, -0.2) is 15.1 Å². The first-order valence-corrected chi connectivity index (χ1v) is 7.34. The third-order valence-electron chi connectivity index (χ3n) is 3.23. The number of halogens is 1. The molecule has 1 aromatic heterocycles. The van der Waals surface area contributed by atoms with Crippen LogP contribution < -0.4 is 0 Å². The number of aryl methyl sites for hydroxylation is 1. The van der Waals surface area contributed by atoms with Crippen molar-refractivity contribution >= 4 is 15.9 Å². The van der Waals surface area contributed by atoms with Crippen molar-refractivity contribution in [1.82, 2.24) is 9.78 Å². The van der Waals surface area contributed by atoms with E-state index < -0.39 is 0 Å². The van der Waals surface area contributed by atoms with Gasteiger partial charge in [-0.2, -0.15) is 5.10 Å². The average Bonchev–Trinajstić information content (AvgIpc) is 2.53. The lowest BCUT2D eigenvalue weighted by atomic mass is 10.1. The predicted molar refractivity (Wildman–Crippen MR) is 73.3 cm³/mol. The van der Waals surface area contributed by atoms with Gasteiger partial charge in [-0.3, -0.25) is 4.68 Å². The normalized spacial score (nSPS) is 13.1. The average molecular weight is 287 g/mol.